The highest BCUT2D eigenvalue weighted by atomic mass is 32.2. The van der Waals surface area contributed by atoms with Gasteiger partial charge in [0.15, 0.2) is 0 Å². The Kier molecular flexibility index (Phi) is 4.20. The van der Waals surface area contributed by atoms with Crippen LogP contribution in [-0.2, 0) is 5.75 Å². The Bertz CT molecular complexity index is 532. The molecule has 0 aliphatic carbocycles. The first-order valence-corrected chi connectivity index (χ1v) is 6.33. The SMILES string of the molecule is NC(=O)Oc1cccc(SCc2ccccc2)n1. The van der Waals surface area contributed by atoms with Crippen molar-refractivity contribution in [1.82, 2.24) is 4.98 Å². The number of benzene rings is 1. The lowest BCUT2D eigenvalue weighted by molar-refractivity contribution is 0.208. The van der Waals surface area contributed by atoms with Crippen LogP contribution in [0.1, 0.15) is 5.56 Å². The van der Waals surface area contributed by atoms with Crippen molar-refractivity contribution in [2.75, 3.05) is 0 Å². The topological polar surface area (TPSA) is 65.2 Å². The lowest BCUT2D eigenvalue weighted by atomic mass is 10.2. The van der Waals surface area contributed by atoms with E-state index in [1.807, 2.05) is 24.3 Å². The van der Waals surface area contributed by atoms with Crippen LogP contribution in [0.5, 0.6) is 5.88 Å². The highest BCUT2D eigenvalue weighted by Crippen LogP contribution is 2.22. The number of carbonyl (C=O) groups is 1. The predicted octanol–water partition coefficient (Wildman–Crippen LogP) is 2.83. The van der Waals surface area contributed by atoms with Crippen LogP contribution < -0.4 is 10.5 Å². The number of aromatic nitrogens is 1. The molecule has 18 heavy (non-hydrogen) atoms. The van der Waals surface area contributed by atoms with Crippen molar-refractivity contribution in [2.45, 2.75) is 10.8 Å². The van der Waals surface area contributed by atoms with Crippen LogP contribution >= 0.6 is 11.8 Å². The van der Waals surface area contributed by atoms with Gasteiger partial charge in [-0.05, 0) is 11.6 Å². The minimum atomic E-state index is -0.854. The Balaban J connectivity index is 1.99. The summed E-state index contributed by atoms with van der Waals surface area (Å²) in [5, 5.41) is 0.789. The van der Waals surface area contributed by atoms with Crippen LogP contribution in [0.3, 0.4) is 0 Å². The molecule has 1 heterocycles. The van der Waals surface area contributed by atoms with E-state index in [-0.39, 0.29) is 5.88 Å². The first kappa shape index (κ1) is 12.4. The van der Waals surface area contributed by atoms with Crippen LogP contribution in [0.4, 0.5) is 4.79 Å². The predicted molar refractivity (Wildman–Crippen MR) is 70.5 cm³/mol. The third-order valence-electron chi connectivity index (χ3n) is 2.13. The highest BCUT2D eigenvalue weighted by Gasteiger charge is 2.02. The monoisotopic (exact) mass is 260 g/mol. The van der Waals surface area contributed by atoms with Gasteiger partial charge in [-0.15, -0.1) is 11.8 Å². The lowest BCUT2D eigenvalue weighted by Gasteiger charge is -2.03. The average molecular weight is 260 g/mol. The van der Waals surface area contributed by atoms with Gasteiger partial charge in [0, 0.05) is 11.8 Å². The summed E-state index contributed by atoms with van der Waals surface area (Å²) in [4.78, 5) is 14.8. The van der Waals surface area contributed by atoms with Gasteiger partial charge in [0.25, 0.3) is 0 Å². The second kappa shape index (κ2) is 6.07. The van der Waals surface area contributed by atoms with Gasteiger partial charge < -0.3 is 10.5 Å². The summed E-state index contributed by atoms with van der Waals surface area (Å²) in [6.45, 7) is 0. The second-order valence-corrected chi connectivity index (χ2v) is 4.51. The standard InChI is InChI=1S/C13H12N2O2S/c14-13(16)17-11-7-4-8-12(15-11)18-9-10-5-2-1-3-6-10/h1-8H,9H2,(H2,14,16). The Morgan fingerprint density at radius 2 is 1.94 bits per heavy atom. The summed E-state index contributed by atoms with van der Waals surface area (Å²) in [6, 6.07) is 15.3. The maximum Gasteiger partial charge on any atom is 0.411 e. The van der Waals surface area contributed by atoms with E-state index in [9.17, 15) is 4.79 Å². The summed E-state index contributed by atoms with van der Waals surface area (Å²) >= 11 is 1.57. The van der Waals surface area contributed by atoms with E-state index >= 15 is 0 Å². The second-order valence-electron chi connectivity index (χ2n) is 3.51. The number of hydrogen-bond donors (Lipinski definition) is 1. The van der Waals surface area contributed by atoms with E-state index < -0.39 is 6.09 Å². The molecule has 0 saturated heterocycles. The molecule has 2 aromatic rings. The van der Waals surface area contributed by atoms with E-state index in [4.69, 9.17) is 10.5 Å². The molecule has 0 saturated carbocycles. The van der Waals surface area contributed by atoms with E-state index in [2.05, 4.69) is 17.1 Å². The van der Waals surface area contributed by atoms with Crippen molar-refractivity contribution in [3.05, 3.63) is 54.1 Å². The van der Waals surface area contributed by atoms with Gasteiger partial charge >= 0.3 is 6.09 Å². The normalized spacial score (nSPS) is 10.0. The third kappa shape index (κ3) is 3.78. The van der Waals surface area contributed by atoms with Gasteiger partial charge in [0.2, 0.25) is 5.88 Å². The number of pyridine rings is 1. The molecule has 0 atom stereocenters. The Morgan fingerprint density at radius 1 is 1.17 bits per heavy atom. The molecule has 4 nitrogen and oxygen atoms in total. The van der Waals surface area contributed by atoms with Crippen molar-refractivity contribution in [1.29, 1.82) is 0 Å². The average Bonchev–Trinajstić information content (AvgIpc) is 2.37. The zero-order valence-corrected chi connectivity index (χ0v) is 10.4. The molecule has 2 N–H and O–H groups in total. The van der Waals surface area contributed by atoms with Crippen molar-refractivity contribution in [3.8, 4) is 5.88 Å². The van der Waals surface area contributed by atoms with E-state index in [0.29, 0.717) is 0 Å². The molecule has 0 unspecified atom stereocenters. The third-order valence-corrected chi connectivity index (χ3v) is 3.13. The Morgan fingerprint density at radius 3 is 2.67 bits per heavy atom. The van der Waals surface area contributed by atoms with Crippen molar-refractivity contribution < 1.29 is 9.53 Å². The Hall–Kier alpha value is -2.01. The summed E-state index contributed by atoms with van der Waals surface area (Å²) in [7, 11) is 0. The maximum atomic E-state index is 10.6. The molecule has 0 aliphatic heterocycles. The summed E-state index contributed by atoms with van der Waals surface area (Å²) in [5.74, 6) is 1.04. The quantitative estimate of drug-likeness (QED) is 0.858. The molecule has 1 amide bonds. The maximum absolute atomic E-state index is 10.6. The van der Waals surface area contributed by atoms with Crippen molar-refractivity contribution in [3.63, 3.8) is 0 Å². The fourth-order valence-electron chi connectivity index (χ4n) is 1.37. The van der Waals surface area contributed by atoms with Crippen molar-refractivity contribution >= 4 is 17.9 Å². The number of nitrogens with zero attached hydrogens (tertiary/aromatic N) is 1. The summed E-state index contributed by atoms with van der Waals surface area (Å²) in [6.07, 6.45) is -0.854. The number of primary amides is 1. The molecular weight excluding hydrogens is 248 g/mol. The minimum absolute atomic E-state index is 0.223. The number of hydrogen-bond acceptors (Lipinski definition) is 4. The molecule has 1 aromatic heterocycles. The zero-order chi connectivity index (χ0) is 12.8. The number of ether oxygens (including phenoxy) is 1. The molecule has 0 radical (unpaired) electrons. The fraction of sp³-hybridized carbons (Fsp3) is 0.0769. The minimum Gasteiger partial charge on any atom is -0.391 e. The molecule has 0 fully saturated rings. The molecular formula is C13H12N2O2S. The van der Waals surface area contributed by atoms with Crippen molar-refractivity contribution in [2.24, 2.45) is 5.73 Å². The summed E-state index contributed by atoms with van der Waals surface area (Å²) in [5.41, 5.74) is 6.15. The van der Waals surface area contributed by atoms with Gasteiger partial charge in [0.1, 0.15) is 5.03 Å². The lowest BCUT2D eigenvalue weighted by Crippen LogP contribution is -2.16. The van der Waals surface area contributed by atoms with E-state index in [1.165, 1.54) is 5.56 Å². The smallest absolute Gasteiger partial charge is 0.391 e. The van der Waals surface area contributed by atoms with Crippen LogP contribution in [0, 0.1) is 0 Å². The number of carbonyl (C=O) groups excluding carboxylic acids is 1. The van der Waals surface area contributed by atoms with Crippen LogP contribution in [-0.4, -0.2) is 11.1 Å². The van der Waals surface area contributed by atoms with Gasteiger partial charge in [-0.2, -0.15) is 0 Å². The first-order chi connectivity index (χ1) is 8.74. The van der Waals surface area contributed by atoms with Crippen LogP contribution in [0.25, 0.3) is 0 Å². The molecule has 0 aliphatic rings. The molecule has 0 spiro atoms. The van der Waals surface area contributed by atoms with E-state index in [0.717, 1.165) is 10.8 Å². The zero-order valence-electron chi connectivity index (χ0n) is 9.58. The molecule has 0 bridgehead atoms. The van der Waals surface area contributed by atoms with E-state index in [1.54, 1.807) is 23.9 Å². The number of nitrogens with two attached hydrogens (primary N) is 1. The first-order valence-electron chi connectivity index (χ1n) is 5.35. The summed E-state index contributed by atoms with van der Waals surface area (Å²) < 4.78 is 4.72. The van der Waals surface area contributed by atoms with Gasteiger partial charge in [-0.1, -0.05) is 36.4 Å². The van der Waals surface area contributed by atoms with Gasteiger partial charge in [0.05, 0.1) is 0 Å². The number of thioether (sulfide) groups is 1. The molecule has 5 heteroatoms. The van der Waals surface area contributed by atoms with Crippen LogP contribution in [0.15, 0.2) is 53.6 Å². The van der Waals surface area contributed by atoms with Gasteiger partial charge in [-0.25, -0.2) is 9.78 Å². The molecule has 1 aromatic carbocycles. The number of amides is 1. The largest absolute Gasteiger partial charge is 0.411 e. The van der Waals surface area contributed by atoms with Crippen LogP contribution in [0.2, 0.25) is 0 Å². The molecule has 2 rings (SSSR count). The fourth-order valence-corrected chi connectivity index (χ4v) is 2.20. The number of rotatable bonds is 4. The Labute approximate surface area is 109 Å². The highest BCUT2D eigenvalue weighted by molar-refractivity contribution is 7.98. The van der Waals surface area contributed by atoms with Gasteiger partial charge in [-0.3, -0.25) is 0 Å². The molecule has 92 valence electrons.